The van der Waals surface area contributed by atoms with Crippen molar-refractivity contribution < 1.29 is 10.2 Å². The molecule has 2 nitrogen and oxygen atoms in total. The van der Waals surface area contributed by atoms with Gasteiger partial charge in [-0.1, -0.05) is 60.1 Å². The maximum Gasteiger partial charge on any atom is 0.0594 e. The standard InChI is InChI=1S/C30H50O2/c1-19-10-15-30(18-31)17-16-28(6)21(25(30)20(19)2)8-9-23-27(5)13-12-24(32)26(3,4)22(27)11-14-29(23,28)7/h8,19-20,22-25,31-32H,9-18H2,1-7H3/t19-,20+,22-,23-,24-,25+,27+,28-,29-,30-/m1/s1. The molecule has 5 rings (SSSR count). The van der Waals surface area contributed by atoms with Crippen molar-refractivity contribution in [2.75, 3.05) is 6.61 Å². The number of aliphatic hydroxyl groups is 2. The van der Waals surface area contributed by atoms with Gasteiger partial charge in [-0.15, -0.1) is 0 Å². The summed E-state index contributed by atoms with van der Waals surface area (Å²) in [6, 6.07) is 0. The molecule has 32 heavy (non-hydrogen) atoms. The van der Waals surface area contributed by atoms with Crippen molar-refractivity contribution >= 4 is 0 Å². The van der Waals surface area contributed by atoms with Gasteiger partial charge in [-0.3, -0.25) is 0 Å². The van der Waals surface area contributed by atoms with Gasteiger partial charge in [0.1, 0.15) is 0 Å². The van der Waals surface area contributed by atoms with Gasteiger partial charge in [0.15, 0.2) is 0 Å². The van der Waals surface area contributed by atoms with Gasteiger partial charge in [0.25, 0.3) is 0 Å². The Morgan fingerprint density at radius 2 is 1.59 bits per heavy atom. The second-order valence-corrected chi connectivity index (χ2v) is 14.5. The van der Waals surface area contributed by atoms with Crippen molar-refractivity contribution in [3.05, 3.63) is 11.6 Å². The molecule has 0 unspecified atom stereocenters. The van der Waals surface area contributed by atoms with E-state index in [1.54, 1.807) is 5.57 Å². The van der Waals surface area contributed by atoms with Crippen LogP contribution >= 0.6 is 0 Å². The Balaban J connectivity index is 1.59. The van der Waals surface area contributed by atoms with E-state index < -0.39 is 0 Å². The molecule has 0 aromatic carbocycles. The third-order valence-corrected chi connectivity index (χ3v) is 13.5. The first-order valence-corrected chi connectivity index (χ1v) is 13.9. The SMILES string of the molecule is C[C@H]1[C@H](C)CC[C@]2(CO)CC[C@]3(C)C(=CC[C@@H]4[C@@]5(C)CC[C@@H](O)C(C)(C)[C@H]5CC[C@]43C)[C@H]12. The Kier molecular flexibility index (Phi) is 5.19. The zero-order valence-electron chi connectivity index (χ0n) is 22.0. The van der Waals surface area contributed by atoms with Crippen molar-refractivity contribution in [2.45, 2.75) is 112 Å². The number of hydrogen-bond acceptors (Lipinski definition) is 2. The zero-order valence-corrected chi connectivity index (χ0v) is 22.0. The lowest BCUT2D eigenvalue weighted by atomic mass is 9.33. The molecule has 0 aromatic heterocycles. The summed E-state index contributed by atoms with van der Waals surface area (Å²) >= 11 is 0. The molecule has 0 spiro atoms. The van der Waals surface area contributed by atoms with Crippen LogP contribution in [0.3, 0.4) is 0 Å². The molecule has 5 aliphatic rings. The minimum Gasteiger partial charge on any atom is -0.396 e. The van der Waals surface area contributed by atoms with Crippen molar-refractivity contribution in [1.29, 1.82) is 0 Å². The summed E-state index contributed by atoms with van der Waals surface area (Å²) in [7, 11) is 0. The van der Waals surface area contributed by atoms with Gasteiger partial charge in [0.2, 0.25) is 0 Å². The lowest BCUT2D eigenvalue weighted by molar-refractivity contribution is -0.205. The Hall–Kier alpha value is -0.340. The Labute approximate surface area is 197 Å². The molecule has 4 fully saturated rings. The van der Waals surface area contributed by atoms with Gasteiger partial charge in [-0.25, -0.2) is 0 Å². The zero-order chi connectivity index (χ0) is 23.3. The number of allylic oxidation sites excluding steroid dienone is 2. The molecule has 2 heteroatoms. The summed E-state index contributed by atoms with van der Waals surface area (Å²) in [6.07, 6.45) is 13.4. The summed E-state index contributed by atoms with van der Waals surface area (Å²) in [5, 5.41) is 21.6. The highest BCUT2D eigenvalue weighted by Crippen LogP contribution is 2.75. The van der Waals surface area contributed by atoms with Crippen LogP contribution in [0.4, 0.5) is 0 Å². The molecule has 0 radical (unpaired) electrons. The van der Waals surface area contributed by atoms with Crippen LogP contribution in [0.1, 0.15) is 106 Å². The number of aliphatic hydroxyl groups excluding tert-OH is 2. The van der Waals surface area contributed by atoms with Crippen LogP contribution in [-0.2, 0) is 0 Å². The van der Waals surface area contributed by atoms with Crippen LogP contribution in [-0.4, -0.2) is 22.9 Å². The molecule has 0 amide bonds. The van der Waals surface area contributed by atoms with E-state index in [1.165, 1.54) is 51.4 Å². The van der Waals surface area contributed by atoms with Gasteiger partial charge in [-0.2, -0.15) is 0 Å². The second-order valence-electron chi connectivity index (χ2n) is 14.5. The first kappa shape index (κ1) is 23.4. The van der Waals surface area contributed by atoms with Gasteiger partial charge in [-0.05, 0) is 109 Å². The van der Waals surface area contributed by atoms with Crippen molar-refractivity contribution in [3.8, 4) is 0 Å². The van der Waals surface area contributed by atoms with E-state index in [0.29, 0.717) is 41.1 Å². The summed E-state index contributed by atoms with van der Waals surface area (Å²) in [6.45, 7) is 17.9. The first-order valence-electron chi connectivity index (χ1n) is 13.9. The molecule has 0 aliphatic heterocycles. The van der Waals surface area contributed by atoms with Gasteiger partial charge in [0.05, 0.1) is 6.10 Å². The van der Waals surface area contributed by atoms with E-state index in [4.69, 9.17) is 0 Å². The third-order valence-electron chi connectivity index (χ3n) is 13.5. The minimum atomic E-state index is -0.153. The molecular formula is C30H50O2. The Bertz CT molecular complexity index is 799. The van der Waals surface area contributed by atoms with Crippen LogP contribution < -0.4 is 0 Å². The highest BCUT2D eigenvalue weighted by atomic mass is 16.3. The minimum absolute atomic E-state index is 0.0190. The smallest absolute Gasteiger partial charge is 0.0594 e. The molecule has 182 valence electrons. The molecule has 0 heterocycles. The maximum absolute atomic E-state index is 10.9. The van der Waals surface area contributed by atoms with E-state index in [9.17, 15) is 10.2 Å². The molecule has 0 aromatic rings. The van der Waals surface area contributed by atoms with Crippen molar-refractivity contribution in [2.24, 2.45) is 56.7 Å². The van der Waals surface area contributed by atoms with Gasteiger partial charge >= 0.3 is 0 Å². The second kappa shape index (κ2) is 7.09. The number of rotatable bonds is 1. The predicted molar refractivity (Wildman–Crippen MR) is 132 cm³/mol. The molecule has 4 saturated carbocycles. The molecule has 10 atom stereocenters. The van der Waals surface area contributed by atoms with E-state index >= 15 is 0 Å². The van der Waals surface area contributed by atoms with Crippen molar-refractivity contribution in [1.82, 2.24) is 0 Å². The van der Waals surface area contributed by atoms with Crippen LogP contribution in [0, 0.1) is 56.7 Å². The molecule has 2 N–H and O–H groups in total. The average molecular weight is 443 g/mol. The molecule has 0 saturated heterocycles. The van der Waals surface area contributed by atoms with E-state index in [1.807, 2.05) is 0 Å². The summed E-state index contributed by atoms with van der Waals surface area (Å²) in [5.74, 6) is 3.29. The van der Waals surface area contributed by atoms with Crippen molar-refractivity contribution in [3.63, 3.8) is 0 Å². The first-order chi connectivity index (χ1) is 14.9. The summed E-state index contributed by atoms with van der Waals surface area (Å²) in [4.78, 5) is 0. The lowest BCUT2D eigenvalue weighted by Crippen LogP contribution is -2.65. The van der Waals surface area contributed by atoms with Crippen LogP contribution in [0.15, 0.2) is 11.6 Å². The average Bonchev–Trinajstić information content (AvgIpc) is 2.74. The fourth-order valence-corrected chi connectivity index (χ4v) is 10.9. The molecular weight excluding hydrogens is 392 g/mol. The predicted octanol–water partition coefficient (Wildman–Crippen LogP) is 7.00. The monoisotopic (exact) mass is 442 g/mol. The third kappa shape index (κ3) is 2.66. The van der Waals surface area contributed by atoms with Crippen LogP contribution in [0.2, 0.25) is 0 Å². The van der Waals surface area contributed by atoms with Gasteiger partial charge in [0, 0.05) is 12.0 Å². The van der Waals surface area contributed by atoms with E-state index in [2.05, 4.69) is 54.5 Å². The number of hydrogen-bond donors (Lipinski definition) is 2. The highest BCUT2D eigenvalue weighted by Gasteiger charge is 2.68. The van der Waals surface area contributed by atoms with E-state index in [0.717, 1.165) is 12.3 Å². The fraction of sp³-hybridized carbons (Fsp3) is 0.933. The van der Waals surface area contributed by atoms with Gasteiger partial charge < -0.3 is 10.2 Å². The van der Waals surface area contributed by atoms with Crippen LogP contribution in [0.25, 0.3) is 0 Å². The maximum atomic E-state index is 10.9. The summed E-state index contributed by atoms with van der Waals surface area (Å²) in [5.41, 5.74) is 2.77. The van der Waals surface area contributed by atoms with Crippen LogP contribution in [0.5, 0.6) is 0 Å². The molecule has 5 aliphatic carbocycles. The fourth-order valence-electron chi connectivity index (χ4n) is 10.9. The Morgan fingerprint density at radius 1 is 0.875 bits per heavy atom. The lowest BCUT2D eigenvalue weighted by Gasteiger charge is -2.71. The number of fused-ring (bicyclic) bond motifs is 7. The summed E-state index contributed by atoms with van der Waals surface area (Å²) < 4.78 is 0. The highest BCUT2D eigenvalue weighted by molar-refractivity contribution is 5.34. The Morgan fingerprint density at radius 3 is 2.28 bits per heavy atom. The quantitative estimate of drug-likeness (QED) is 0.429. The van der Waals surface area contributed by atoms with E-state index in [-0.39, 0.29) is 22.3 Å². The molecule has 0 bridgehead atoms. The largest absolute Gasteiger partial charge is 0.396 e. The normalized spacial score (nSPS) is 56.8. The topological polar surface area (TPSA) is 40.5 Å².